The van der Waals surface area contributed by atoms with Gasteiger partial charge in [-0.15, -0.1) is 11.8 Å². The summed E-state index contributed by atoms with van der Waals surface area (Å²) in [4.78, 5) is 11.8. The number of hydrogen-bond acceptors (Lipinski definition) is 5. The molecule has 116 valence electrons. The molecule has 21 heavy (non-hydrogen) atoms. The summed E-state index contributed by atoms with van der Waals surface area (Å²) in [7, 11) is -2.88. The van der Waals surface area contributed by atoms with Gasteiger partial charge in [0.2, 0.25) is 5.91 Å². The van der Waals surface area contributed by atoms with E-state index in [4.69, 9.17) is 4.74 Å². The molecule has 1 heterocycles. The fraction of sp³-hybridized carbons (Fsp3) is 0.500. The molecule has 1 saturated heterocycles. The van der Waals surface area contributed by atoms with E-state index in [2.05, 4.69) is 5.32 Å². The molecule has 1 aromatic carbocycles. The van der Waals surface area contributed by atoms with E-state index < -0.39 is 9.84 Å². The summed E-state index contributed by atoms with van der Waals surface area (Å²) in [5, 5.41) is 2.83. The first kappa shape index (κ1) is 16.2. The lowest BCUT2D eigenvalue weighted by Gasteiger charge is -2.09. The van der Waals surface area contributed by atoms with Crippen molar-refractivity contribution in [1.29, 1.82) is 0 Å². The van der Waals surface area contributed by atoms with Crippen LogP contribution in [0.4, 0.5) is 5.69 Å². The van der Waals surface area contributed by atoms with Crippen molar-refractivity contribution in [2.75, 3.05) is 29.2 Å². The van der Waals surface area contributed by atoms with Crippen LogP contribution < -0.4 is 10.1 Å². The number of rotatable bonds is 6. The van der Waals surface area contributed by atoms with Gasteiger partial charge < -0.3 is 10.1 Å². The van der Waals surface area contributed by atoms with E-state index in [0.717, 1.165) is 5.75 Å². The topological polar surface area (TPSA) is 72.5 Å². The molecule has 1 amide bonds. The molecule has 1 aliphatic heterocycles. The van der Waals surface area contributed by atoms with E-state index >= 15 is 0 Å². The Balaban J connectivity index is 1.76. The molecule has 0 bridgehead atoms. The second kappa shape index (κ2) is 7.17. The van der Waals surface area contributed by atoms with Crippen LogP contribution in [0.3, 0.4) is 0 Å². The summed E-state index contributed by atoms with van der Waals surface area (Å²) in [6.07, 6.45) is 0.642. The predicted octanol–water partition coefficient (Wildman–Crippen LogP) is 1.94. The van der Waals surface area contributed by atoms with Crippen LogP contribution in [-0.2, 0) is 14.6 Å². The zero-order chi connectivity index (χ0) is 15.3. The Morgan fingerprint density at radius 1 is 1.38 bits per heavy atom. The Kier molecular flexibility index (Phi) is 5.52. The van der Waals surface area contributed by atoms with Crippen LogP contribution in [0.1, 0.15) is 13.3 Å². The number of thioether (sulfide) groups is 1. The van der Waals surface area contributed by atoms with E-state index in [1.54, 1.807) is 24.3 Å². The molecule has 0 saturated carbocycles. The Morgan fingerprint density at radius 2 is 2.10 bits per heavy atom. The third-order valence-corrected chi connectivity index (χ3v) is 6.37. The molecule has 1 fully saturated rings. The smallest absolute Gasteiger partial charge is 0.234 e. The van der Waals surface area contributed by atoms with Crippen molar-refractivity contribution in [3.63, 3.8) is 0 Å². The zero-order valence-electron chi connectivity index (χ0n) is 11.9. The van der Waals surface area contributed by atoms with Crippen LogP contribution in [0, 0.1) is 0 Å². The van der Waals surface area contributed by atoms with Crippen LogP contribution in [0.15, 0.2) is 24.3 Å². The minimum atomic E-state index is -2.88. The Morgan fingerprint density at radius 3 is 2.67 bits per heavy atom. The largest absolute Gasteiger partial charge is 0.494 e. The first-order valence-electron chi connectivity index (χ1n) is 6.83. The lowest BCUT2D eigenvalue weighted by molar-refractivity contribution is -0.113. The second-order valence-electron chi connectivity index (χ2n) is 4.84. The maximum atomic E-state index is 11.8. The molecule has 0 radical (unpaired) electrons. The van der Waals surface area contributed by atoms with Crippen molar-refractivity contribution in [3.05, 3.63) is 24.3 Å². The molecule has 0 aliphatic carbocycles. The van der Waals surface area contributed by atoms with Crippen LogP contribution in [0.25, 0.3) is 0 Å². The van der Waals surface area contributed by atoms with Gasteiger partial charge in [0.05, 0.1) is 23.9 Å². The summed E-state index contributed by atoms with van der Waals surface area (Å²) in [5.41, 5.74) is 0.711. The molecular formula is C14H19NO4S2. The monoisotopic (exact) mass is 329 g/mol. The van der Waals surface area contributed by atoms with Gasteiger partial charge in [-0.3, -0.25) is 4.79 Å². The fourth-order valence-corrected chi connectivity index (χ4v) is 5.53. The highest BCUT2D eigenvalue weighted by molar-refractivity contribution is 8.02. The van der Waals surface area contributed by atoms with Gasteiger partial charge >= 0.3 is 0 Å². The molecule has 7 heteroatoms. The zero-order valence-corrected chi connectivity index (χ0v) is 13.5. The van der Waals surface area contributed by atoms with Crippen molar-refractivity contribution >= 4 is 33.2 Å². The lowest BCUT2D eigenvalue weighted by atomic mass is 10.3. The number of nitrogens with one attached hydrogen (secondary N) is 1. The van der Waals surface area contributed by atoms with E-state index in [9.17, 15) is 13.2 Å². The molecule has 0 unspecified atom stereocenters. The number of anilines is 1. The average Bonchev–Trinajstić information content (AvgIpc) is 2.79. The predicted molar refractivity (Wildman–Crippen MR) is 85.8 cm³/mol. The van der Waals surface area contributed by atoms with Crippen LogP contribution in [-0.4, -0.2) is 43.4 Å². The van der Waals surface area contributed by atoms with Crippen LogP contribution >= 0.6 is 11.8 Å². The molecular weight excluding hydrogens is 310 g/mol. The second-order valence-corrected chi connectivity index (χ2v) is 8.36. The first-order chi connectivity index (χ1) is 9.98. The quantitative estimate of drug-likeness (QED) is 0.863. The molecule has 1 atom stereocenters. The van der Waals surface area contributed by atoms with E-state index in [1.807, 2.05) is 6.92 Å². The normalized spacial score (nSPS) is 20.1. The summed E-state index contributed by atoms with van der Waals surface area (Å²) < 4.78 is 28.0. The number of amides is 1. The first-order valence-corrected chi connectivity index (χ1v) is 9.70. The highest BCUT2D eigenvalue weighted by atomic mass is 32.2. The van der Waals surface area contributed by atoms with Gasteiger partial charge in [-0.25, -0.2) is 8.42 Å². The van der Waals surface area contributed by atoms with E-state index in [1.165, 1.54) is 11.8 Å². The summed E-state index contributed by atoms with van der Waals surface area (Å²) >= 11 is 1.41. The van der Waals surface area contributed by atoms with Gasteiger partial charge in [0.1, 0.15) is 5.75 Å². The maximum absolute atomic E-state index is 11.8. The van der Waals surface area contributed by atoms with E-state index in [-0.39, 0.29) is 28.4 Å². The molecule has 1 N–H and O–H groups in total. The minimum Gasteiger partial charge on any atom is -0.494 e. The number of carbonyl (C=O) groups excluding carboxylic acids is 1. The number of hydrogen-bond donors (Lipinski definition) is 1. The summed E-state index contributed by atoms with van der Waals surface area (Å²) in [5.74, 6) is 1.35. The number of carbonyl (C=O) groups is 1. The molecule has 1 aromatic rings. The van der Waals surface area contributed by atoms with Gasteiger partial charge in [0, 0.05) is 10.9 Å². The average molecular weight is 329 g/mol. The molecule has 1 aliphatic rings. The highest BCUT2D eigenvalue weighted by Crippen LogP contribution is 2.24. The van der Waals surface area contributed by atoms with Crippen molar-refractivity contribution in [1.82, 2.24) is 0 Å². The Bertz CT molecular complexity index is 583. The Hall–Kier alpha value is -1.21. The fourth-order valence-electron chi connectivity index (χ4n) is 2.08. The SMILES string of the molecule is CCOc1ccc(NC(=O)CS[C@@H]2CCS(=O)(=O)C2)cc1. The van der Waals surface area contributed by atoms with Crippen LogP contribution in [0.5, 0.6) is 5.75 Å². The van der Waals surface area contributed by atoms with E-state index in [0.29, 0.717) is 18.7 Å². The highest BCUT2D eigenvalue weighted by Gasteiger charge is 2.28. The van der Waals surface area contributed by atoms with Crippen LogP contribution in [0.2, 0.25) is 0 Å². The molecule has 2 rings (SSSR count). The third-order valence-electron chi connectivity index (χ3n) is 3.09. The van der Waals surface area contributed by atoms with Crippen molar-refractivity contribution < 1.29 is 17.9 Å². The number of sulfone groups is 1. The van der Waals surface area contributed by atoms with Crippen molar-refractivity contribution in [2.45, 2.75) is 18.6 Å². The van der Waals surface area contributed by atoms with Gasteiger partial charge in [-0.2, -0.15) is 0 Å². The standard InChI is InChI=1S/C14H19NO4S2/c1-2-19-12-5-3-11(4-6-12)15-14(16)9-20-13-7-8-21(17,18)10-13/h3-6,13H,2,7-10H2,1H3,(H,15,16)/t13-/m1/s1. The van der Waals surface area contributed by atoms with Crippen molar-refractivity contribution in [3.8, 4) is 5.75 Å². The number of benzene rings is 1. The molecule has 0 aromatic heterocycles. The maximum Gasteiger partial charge on any atom is 0.234 e. The van der Waals surface area contributed by atoms with Crippen molar-refractivity contribution in [2.24, 2.45) is 0 Å². The summed E-state index contributed by atoms with van der Waals surface area (Å²) in [6.45, 7) is 2.52. The van der Waals surface area contributed by atoms with Gasteiger partial charge in [0.25, 0.3) is 0 Å². The van der Waals surface area contributed by atoms with Gasteiger partial charge in [-0.1, -0.05) is 0 Å². The molecule has 0 spiro atoms. The molecule has 5 nitrogen and oxygen atoms in total. The number of ether oxygens (including phenoxy) is 1. The lowest BCUT2D eigenvalue weighted by Crippen LogP contribution is -2.17. The van der Waals surface area contributed by atoms with Gasteiger partial charge in [-0.05, 0) is 37.6 Å². The van der Waals surface area contributed by atoms with Gasteiger partial charge in [0.15, 0.2) is 9.84 Å². The Labute approximate surface area is 129 Å². The third kappa shape index (κ3) is 5.24. The summed E-state index contributed by atoms with van der Waals surface area (Å²) in [6, 6.07) is 7.17. The minimum absolute atomic E-state index is 0.0427.